The van der Waals surface area contributed by atoms with Gasteiger partial charge in [-0.2, -0.15) is 5.26 Å². The number of ether oxygens (including phenoxy) is 1. The molecule has 0 radical (unpaired) electrons. The Labute approximate surface area is 208 Å². The zero-order valence-corrected chi connectivity index (χ0v) is 21.3. The van der Waals surface area contributed by atoms with E-state index in [1.807, 2.05) is 44.2 Å². The van der Waals surface area contributed by atoms with Crippen molar-refractivity contribution < 1.29 is 9.53 Å². The molecule has 0 spiro atoms. The third-order valence-corrected chi connectivity index (χ3v) is 5.05. The molecule has 1 atom stereocenters. The number of nitriles is 1. The fourth-order valence-corrected chi connectivity index (χ4v) is 3.07. The van der Waals surface area contributed by atoms with Crippen LogP contribution in [0.4, 0.5) is 11.6 Å². The molecule has 1 heterocycles. The maximum atomic E-state index is 11.1. The van der Waals surface area contributed by atoms with Gasteiger partial charge < -0.3 is 15.4 Å². The molecule has 3 rings (SSSR count). The number of aromatic nitrogens is 2. The lowest BCUT2D eigenvalue weighted by molar-refractivity contribution is -0.119. The molecule has 7 heteroatoms. The third kappa shape index (κ3) is 9.09. The van der Waals surface area contributed by atoms with Crippen molar-refractivity contribution in [3.8, 4) is 23.1 Å². The second kappa shape index (κ2) is 14.4. The first-order valence-electron chi connectivity index (χ1n) is 12.0. The molecule has 1 amide bonds. The molecule has 0 fully saturated rings. The minimum absolute atomic E-state index is 0.0633. The summed E-state index contributed by atoms with van der Waals surface area (Å²) in [6.45, 7) is 10.8. The SMILES string of the molecule is CCC.CCC(CNC(C)=O)COc1ccc(-c2ccnc(Nc3ccc(C)cc3)n2)cc1C#N. The number of carbonyl (C=O) groups is 1. The number of aryl methyl sites for hydroxylation is 1. The van der Waals surface area contributed by atoms with E-state index in [0.29, 0.717) is 36.1 Å². The Balaban J connectivity index is 0.00000137. The van der Waals surface area contributed by atoms with Gasteiger partial charge in [-0.15, -0.1) is 0 Å². The van der Waals surface area contributed by atoms with Gasteiger partial charge in [-0.1, -0.05) is 44.9 Å². The molecule has 0 aliphatic carbocycles. The first kappa shape index (κ1) is 27.3. The van der Waals surface area contributed by atoms with E-state index in [9.17, 15) is 10.1 Å². The van der Waals surface area contributed by atoms with Gasteiger partial charge in [-0.3, -0.25) is 4.79 Å². The summed E-state index contributed by atoms with van der Waals surface area (Å²) in [4.78, 5) is 20.0. The van der Waals surface area contributed by atoms with Crippen molar-refractivity contribution in [2.75, 3.05) is 18.5 Å². The van der Waals surface area contributed by atoms with Crippen LogP contribution in [0.25, 0.3) is 11.3 Å². The minimum Gasteiger partial charge on any atom is -0.492 e. The van der Waals surface area contributed by atoms with Crippen molar-refractivity contribution in [1.82, 2.24) is 15.3 Å². The molecule has 0 saturated heterocycles. The summed E-state index contributed by atoms with van der Waals surface area (Å²) in [5.74, 6) is 1.10. The average molecular weight is 474 g/mol. The number of hydrogen-bond donors (Lipinski definition) is 2. The molecular weight excluding hydrogens is 438 g/mol. The highest BCUT2D eigenvalue weighted by atomic mass is 16.5. The fraction of sp³-hybridized carbons (Fsp3) is 0.357. The average Bonchev–Trinajstić information content (AvgIpc) is 2.86. The van der Waals surface area contributed by atoms with E-state index in [1.54, 1.807) is 24.4 Å². The van der Waals surface area contributed by atoms with Gasteiger partial charge in [0.1, 0.15) is 11.8 Å². The number of rotatable bonds is 9. The molecular formula is C28H35N5O2. The molecule has 0 aliphatic rings. The van der Waals surface area contributed by atoms with Crippen LogP contribution in [-0.2, 0) is 4.79 Å². The molecule has 2 aromatic carbocycles. The predicted octanol–water partition coefficient (Wildman–Crippen LogP) is 6.02. The number of nitrogens with one attached hydrogen (secondary N) is 2. The minimum atomic E-state index is -0.0633. The molecule has 184 valence electrons. The van der Waals surface area contributed by atoms with Gasteiger partial charge in [-0.05, 0) is 49.7 Å². The van der Waals surface area contributed by atoms with Gasteiger partial charge in [0, 0.05) is 36.8 Å². The van der Waals surface area contributed by atoms with Gasteiger partial charge in [0.15, 0.2) is 0 Å². The molecule has 0 aliphatic heterocycles. The quantitative estimate of drug-likeness (QED) is 0.394. The van der Waals surface area contributed by atoms with Crippen LogP contribution in [0.3, 0.4) is 0 Å². The van der Waals surface area contributed by atoms with Crippen LogP contribution in [0, 0.1) is 24.2 Å². The standard InChI is InChI=1S/C25H27N5O2.C3H8/c1-4-19(15-28-18(3)31)16-32-24-10-7-20(13-21(24)14-26)23-11-12-27-25(30-23)29-22-8-5-17(2)6-9-22;1-3-2/h5-13,19H,4,15-16H2,1-3H3,(H,28,31)(H,27,29,30);3H2,1-2H3. The van der Waals surface area contributed by atoms with Crippen LogP contribution in [0.15, 0.2) is 54.7 Å². The van der Waals surface area contributed by atoms with E-state index in [-0.39, 0.29) is 11.8 Å². The lowest BCUT2D eigenvalue weighted by Gasteiger charge is -2.17. The summed E-state index contributed by atoms with van der Waals surface area (Å²) in [6, 6.07) is 17.4. The van der Waals surface area contributed by atoms with Gasteiger partial charge >= 0.3 is 0 Å². The maximum absolute atomic E-state index is 11.1. The van der Waals surface area contributed by atoms with Gasteiger partial charge in [0.2, 0.25) is 11.9 Å². The molecule has 1 aromatic heterocycles. The summed E-state index contributed by atoms with van der Waals surface area (Å²) >= 11 is 0. The molecule has 1 unspecified atom stereocenters. The Kier molecular flexibility index (Phi) is 11.2. The summed E-state index contributed by atoms with van der Waals surface area (Å²) in [5, 5.41) is 15.6. The monoisotopic (exact) mass is 473 g/mol. The maximum Gasteiger partial charge on any atom is 0.227 e. The summed E-state index contributed by atoms with van der Waals surface area (Å²) in [6.07, 6.45) is 3.79. The summed E-state index contributed by atoms with van der Waals surface area (Å²) in [5.41, 5.74) is 4.02. The third-order valence-electron chi connectivity index (χ3n) is 5.05. The van der Waals surface area contributed by atoms with Crippen LogP contribution in [0.2, 0.25) is 0 Å². The molecule has 7 nitrogen and oxygen atoms in total. The van der Waals surface area contributed by atoms with Crippen molar-refractivity contribution >= 4 is 17.5 Å². The van der Waals surface area contributed by atoms with Gasteiger partial charge in [-0.25, -0.2) is 9.97 Å². The fourth-order valence-electron chi connectivity index (χ4n) is 3.07. The molecule has 2 N–H and O–H groups in total. The van der Waals surface area contributed by atoms with Crippen LogP contribution in [-0.4, -0.2) is 29.0 Å². The largest absolute Gasteiger partial charge is 0.492 e. The Morgan fingerprint density at radius 1 is 1.11 bits per heavy atom. The van der Waals surface area contributed by atoms with Crippen LogP contribution in [0.1, 0.15) is 51.7 Å². The summed E-state index contributed by atoms with van der Waals surface area (Å²) < 4.78 is 5.90. The second-order valence-corrected chi connectivity index (χ2v) is 8.31. The Bertz CT molecular complexity index is 1120. The Morgan fingerprint density at radius 2 is 1.83 bits per heavy atom. The van der Waals surface area contributed by atoms with E-state index in [0.717, 1.165) is 17.7 Å². The lowest BCUT2D eigenvalue weighted by atomic mass is 10.1. The second-order valence-electron chi connectivity index (χ2n) is 8.31. The zero-order valence-electron chi connectivity index (χ0n) is 21.3. The number of carbonyl (C=O) groups excluding carboxylic acids is 1. The first-order valence-corrected chi connectivity index (χ1v) is 12.0. The lowest BCUT2D eigenvalue weighted by Crippen LogP contribution is -2.29. The number of hydrogen-bond acceptors (Lipinski definition) is 6. The molecule has 35 heavy (non-hydrogen) atoms. The smallest absolute Gasteiger partial charge is 0.227 e. The van der Waals surface area contributed by atoms with Crippen LogP contribution < -0.4 is 15.4 Å². The van der Waals surface area contributed by atoms with Crippen molar-refractivity contribution in [2.24, 2.45) is 5.92 Å². The van der Waals surface area contributed by atoms with E-state index in [1.165, 1.54) is 18.9 Å². The molecule has 3 aromatic rings. The zero-order chi connectivity index (χ0) is 25.6. The van der Waals surface area contributed by atoms with Gasteiger partial charge in [0.25, 0.3) is 0 Å². The van der Waals surface area contributed by atoms with E-state index in [4.69, 9.17) is 4.74 Å². The van der Waals surface area contributed by atoms with Crippen molar-refractivity contribution in [3.63, 3.8) is 0 Å². The van der Waals surface area contributed by atoms with Crippen molar-refractivity contribution in [1.29, 1.82) is 5.26 Å². The first-order chi connectivity index (χ1) is 16.9. The highest BCUT2D eigenvalue weighted by molar-refractivity contribution is 5.72. The highest BCUT2D eigenvalue weighted by Gasteiger charge is 2.12. The molecule has 0 saturated carbocycles. The summed E-state index contributed by atoms with van der Waals surface area (Å²) in [7, 11) is 0. The number of nitrogens with zero attached hydrogens (tertiary/aromatic N) is 3. The van der Waals surface area contributed by atoms with E-state index >= 15 is 0 Å². The Morgan fingerprint density at radius 3 is 2.46 bits per heavy atom. The van der Waals surface area contributed by atoms with E-state index in [2.05, 4.69) is 40.5 Å². The highest BCUT2D eigenvalue weighted by Crippen LogP contribution is 2.26. The Hall–Kier alpha value is -3.92. The van der Waals surface area contributed by atoms with E-state index < -0.39 is 0 Å². The normalized spacial score (nSPS) is 10.9. The number of benzene rings is 2. The number of amides is 1. The van der Waals surface area contributed by atoms with Crippen molar-refractivity contribution in [2.45, 2.75) is 47.5 Å². The van der Waals surface area contributed by atoms with Crippen LogP contribution in [0.5, 0.6) is 5.75 Å². The number of anilines is 2. The molecule has 0 bridgehead atoms. The predicted molar refractivity (Wildman–Crippen MR) is 141 cm³/mol. The topological polar surface area (TPSA) is 99.9 Å². The van der Waals surface area contributed by atoms with Gasteiger partial charge in [0.05, 0.1) is 17.9 Å². The van der Waals surface area contributed by atoms with Crippen molar-refractivity contribution in [3.05, 3.63) is 65.9 Å². The van der Waals surface area contributed by atoms with Crippen LogP contribution >= 0.6 is 0 Å².